The summed E-state index contributed by atoms with van der Waals surface area (Å²) in [4.78, 5) is 29.4. The van der Waals surface area contributed by atoms with Crippen molar-refractivity contribution >= 4 is 34.8 Å². The van der Waals surface area contributed by atoms with Gasteiger partial charge in [0.1, 0.15) is 0 Å². The Kier molecular flexibility index (Phi) is 6.38. The molecule has 0 aliphatic carbocycles. The number of anilines is 1. The second-order valence-electron chi connectivity index (χ2n) is 6.86. The Labute approximate surface area is 170 Å². The molecule has 0 aromatic heterocycles. The Morgan fingerprint density at radius 1 is 0.929 bits per heavy atom. The van der Waals surface area contributed by atoms with Gasteiger partial charge < -0.3 is 15.1 Å². The van der Waals surface area contributed by atoms with E-state index in [1.165, 1.54) is 0 Å². The molecule has 2 aromatic carbocycles. The lowest BCUT2D eigenvalue weighted by Gasteiger charge is -2.32. The number of nitrogens with zero attached hydrogens (tertiary/aromatic N) is 2. The molecule has 0 saturated carbocycles. The average molecular weight is 397 g/mol. The lowest BCUT2D eigenvalue weighted by Crippen LogP contribution is -2.47. The van der Waals surface area contributed by atoms with Crippen molar-refractivity contribution in [3.05, 3.63) is 65.2 Å². The molecular formula is C21H24N4O2S. The first-order valence-electron chi connectivity index (χ1n) is 9.20. The molecule has 2 aromatic rings. The highest BCUT2D eigenvalue weighted by molar-refractivity contribution is 7.80. The number of amides is 2. The summed E-state index contributed by atoms with van der Waals surface area (Å²) in [6, 6.07) is 14.5. The molecule has 2 N–H and O–H groups in total. The maximum Gasteiger partial charge on any atom is 0.257 e. The van der Waals surface area contributed by atoms with Crippen molar-refractivity contribution in [3.8, 4) is 0 Å². The van der Waals surface area contributed by atoms with E-state index < -0.39 is 0 Å². The Bertz CT molecular complexity index is 891. The van der Waals surface area contributed by atoms with Crippen LogP contribution in [0.1, 0.15) is 26.3 Å². The molecule has 1 heterocycles. The number of piperazine rings is 1. The van der Waals surface area contributed by atoms with Crippen LogP contribution < -0.4 is 10.6 Å². The molecule has 0 spiro atoms. The highest BCUT2D eigenvalue weighted by Gasteiger charge is 2.22. The first-order chi connectivity index (χ1) is 13.5. The first-order valence-corrected chi connectivity index (χ1v) is 9.61. The zero-order valence-electron chi connectivity index (χ0n) is 16.1. The van der Waals surface area contributed by atoms with Crippen molar-refractivity contribution in [3.63, 3.8) is 0 Å². The fourth-order valence-electron chi connectivity index (χ4n) is 3.11. The topological polar surface area (TPSA) is 64.7 Å². The molecule has 3 rings (SSSR count). The summed E-state index contributed by atoms with van der Waals surface area (Å²) in [6.07, 6.45) is 0. The number of rotatable bonds is 3. The van der Waals surface area contributed by atoms with Crippen LogP contribution in [0.5, 0.6) is 0 Å². The van der Waals surface area contributed by atoms with Crippen LogP contribution in [0.3, 0.4) is 0 Å². The van der Waals surface area contributed by atoms with Crippen LogP contribution in [-0.2, 0) is 0 Å². The zero-order valence-corrected chi connectivity index (χ0v) is 16.9. The minimum Gasteiger partial charge on any atom is -0.336 e. The molecule has 1 aliphatic heterocycles. The predicted molar refractivity (Wildman–Crippen MR) is 115 cm³/mol. The van der Waals surface area contributed by atoms with Gasteiger partial charge in [0.05, 0.1) is 11.3 Å². The molecule has 7 heteroatoms. The number of carbonyl (C=O) groups is 2. The summed E-state index contributed by atoms with van der Waals surface area (Å²) in [5.74, 6) is -0.317. The van der Waals surface area contributed by atoms with Crippen LogP contribution in [0.25, 0.3) is 0 Å². The number of benzene rings is 2. The molecule has 0 unspecified atom stereocenters. The number of hydrogen-bond donors (Lipinski definition) is 2. The van der Waals surface area contributed by atoms with Crippen molar-refractivity contribution < 1.29 is 9.59 Å². The van der Waals surface area contributed by atoms with E-state index in [-0.39, 0.29) is 16.9 Å². The molecule has 0 bridgehead atoms. The van der Waals surface area contributed by atoms with Crippen LogP contribution in [-0.4, -0.2) is 60.0 Å². The van der Waals surface area contributed by atoms with Gasteiger partial charge in [-0.1, -0.05) is 30.3 Å². The van der Waals surface area contributed by atoms with Crippen LogP contribution >= 0.6 is 12.2 Å². The van der Waals surface area contributed by atoms with Crippen molar-refractivity contribution in [2.24, 2.45) is 0 Å². The van der Waals surface area contributed by atoms with Crippen molar-refractivity contribution in [2.75, 3.05) is 38.5 Å². The number of likely N-dealkylation sites (N-methyl/N-ethyl adjacent to an activating group) is 1. The highest BCUT2D eigenvalue weighted by atomic mass is 32.1. The SMILES string of the molecule is Cc1ccccc1C(=O)NC(=S)Nc1ccccc1C(=O)N1CCN(C)CC1. The van der Waals surface area contributed by atoms with Gasteiger partial charge in [0.2, 0.25) is 0 Å². The summed E-state index contributed by atoms with van der Waals surface area (Å²) in [6.45, 7) is 4.96. The summed E-state index contributed by atoms with van der Waals surface area (Å²) in [5.41, 5.74) is 2.56. The second kappa shape index (κ2) is 8.95. The van der Waals surface area contributed by atoms with Gasteiger partial charge in [0.25, 0.3) is 11.8 Å². The summed E-state index contributed by atoms with van der Waals surface area (Å²) >= 11 is 5.30. The molecule has 2 amide bonds. The Morgan fingerprint density at radius 3 is 2.21 bits per heavy atom. The van der Waals surface area contributed by atoms with E-state index in [4.69, 9.17) is 12.2 Å². The number of aryl methyl sites for hydroxylation is 1. The van der Waals surface area contributed by atoms with Crippen molar-refractivity contribution in [1.82, 2.24) is 15.1 Å². The zero-order chi connectivity index (χ0) is 20.1. The summed E-state index contributed by atoms with van der Waals surface area (Å²) in [7, 11) is 2.05. The van der Waals surface area contributed by atoms with Gasteiger partial charge in [-0.15, -0.1) is 0 Å². The lowest BCUT2D eigenvalue weighted by molar-refractivity contribution is 0.0665. The monoisotopic (exact) mass is 396 g/mol. The van der Waals surface area contributed by atoms with Crippen LogP contribution in [0.2, 0.25) is 0 Å². The van der Waals surface area contributed by atoms with Gasteiger partial charge in [-0.2, -0.15) is 0 Å². The lowest BCUT2D eigenvalue weighted by atomic mass is 10.1. The smallest absolute Gasteiger partial charge is 0.257 e. The predicted octanol–water partition coefficient (Wildman–Crippen LogP) is 2.51. The van der Waals surface area contributed by atoms with E-state index in [2.05, 4.69) is 15.5 Å². The second-order valence-corrected chi connectivity index (χ2v) is 7.27. The molecule has 1 saturated heterocycles. The Balaban J connectivity index is 1.69. The number of para-hydroxylation sites is 1. The van der Waals surface area contributed by atoms with Crippen LogP contribution in [0.4, 0.5) is 5.69 Å². The van der Waals surface area contributed by atoms with E-state index >= 15 is 0 Å². The summed E-state index contributed by atoms with van der Waals surface area (Å²) in [5, 5.41) is 5.85. The third-order valence-corrected chi connectivity index (χ3v) is 5.02. The van der Waals surface area contributed by atoms with Gasteiger partial charge in [-0.3, -0.25) is 14.9 Å². The van der Waals surface area contributed by atoms with Gasteiger partial charge >= 0.3 is 0 Å². The fraction of sp³-hybridized carbons (Fsp3) is 0.286. The van der Waals surface area contributed by atoms with E-state index in [0.717, 1.165) is 18.7 Å². The third kappa shape index (κ3) is 4.74. The van der Waals surface area contributed by atoms with E-state index in [9.17, 15) is 9.59 Å². The van der Waals surface area contributed by atoms with E-state index in [1.807, 2.05) is 49.2 Å². The minimum atomic E-state index is -0.279. The first kappa shape index (κ1) is 20.0. The third-order valence-electron chi connectivity index (χ3n) is 4.81. The van der Waals surface area contributed by atoms with Gasteiger partial charge in [0, 0.05) is 31.7 Å². The molecule has 6 nitrogen and oxygen atoms in total. The largest absolute Gasteiger partial charge is 0.336 e. The van der Waals surface area contributed by atoms with Crippen molar-refractivity contribution in [2.45, 2.75) is 6.92 Å². The van der Waals surface area contributed by atoms with Gasteiger partial charge in [0.15, 0.2) is 5.11 Å². The molecule has 1 aliphatic rings. The molecule has 1 fully saturated rings. The molecule has 0 atom stereocenters. The average Bonchev–Trinajstić information content (AvgIpc) is 2.68. The maximum absolute atomic E-state index is 12.9. The Hall–Kier alpha value is -2.77. The normalized spacial score (nSPS) is 14.4. The number of hydrogen-bond acceptors (Lipinski definition) is 4. The number of carbonyl (C=O) groups excluding carboxylic acids is 2. The maximum atomic E-state index is 12.9. The summed E-state index contributed by atoms with van der Waals surface area (Å²) < 4.78 is 0. The molecule has 146 valence electrons. The Morgan fingerprint density at radius 2 is 1.54 bits per heavy atom. The highest BCUT2D eigenvalue weighted by Crippen LogP contribution is 2.18. The van der Waals surface area contributed by atoms with Gasteiger partial charge in [-0.25, -0.2) is 0 Å². The molecule has 28 heavy (non-hydrogen) atoms. The number of nitrogens with one attached hydrogen (secondary N) is 2. The number of thiocarbonyl (C=S) groups is 1. The van der Waals surface area contributed by atoms with E-state index in [0.29, 0.717) is 29.9 Å². The van der Waals surface area contributed by atoms with Crippen LogP contribution in [0, 0.1) is 6.92 Å². The fourth-order valence-corrected chi connectivity index (χ4v) is 3.31. The van der Waals surface area contributed by atoms with E-state index in [1.54, 1.807) is 18.2 Å². The molecule has 0 radical (unpaired) electrons. The van der Waals surface area contributed by atoms with Crippen LogP contribution in [0.15, 0.2) is 48.5 Å². The van der Waals surface area contributed by atoms with Gasteiger partial charge in [-0.05, 0) is 50.0 Å². The molecular weight excluding hydrogens is 372 g/mol. The minimum absolute atomic E-state index is 0.0377. The standard InChI is InChI=1S/C21H24N4O2S/c1-15-7-3-4-8-16(15)19(26)23-21(28)22-18-10-6-5-9-17(18)20(27)25-13-11-24(2)12-14-25/h3-10H,11-14H2,1-2H3,(H2,22,23,26,28). The van der Waals surface area contributed by atoms with Crippen molar-refractivity contribution in [1.29, 1.82) is 0 Å². The quantitative estimate of drug-likeness (QED) is 0.781.